The standard InChI is InChI=1S/C10H7ClO7S2/c11-8-3-6(19(13,14)15)1-5-2-7(20(16,17)18)4-9(12)10(5)8/h1-4,12H,(H,13,14,15)(H,16,17,18). The molecule has 0 atom stereocenters. The molecule has 0 aliphatic carbocycles. The number of phenolic OH excluding ortho intramolecular Hbond substituents is 1. The lowest BCUT2D eigenvalue weighted by atomic mass is 10.1. The molecular weight excluding hydrogens is 332 g/mol. The second-order valence-corrected chi connectivity index (χ2v) is 7.15. The van der Waals surface area contributed by atoms with Crippen LogP contribution >= 0.6 is 11.6 Å². The fourth-order valence-electron chi connectivity index (χ4n) is 1.69. The molecule has 7 nitrogen and oxygen atoms in total. The van der Waals surface area contributed by atoms with E-state index in [0.29, 0.717) is 0 Å². The van der Waals surface area contributed by atoms with Crippen LogP contribution in [0.1, 0.15) is 0 Å². The predicted molar refractivity (Wildman–Crippen MR) is 70.3 cm³/mol. The van der Waals surface area contributed by atoms with E-state index in [1.807, 2.05) is 0 Å². The van der Waals surface area contributed by atoms with Gasteiger partial charge >= 0.3 is 0 Å². The Morgan fingerprint density at radius 2 is 1.30 bits per heavy atom. The molecule has 20 heavy (non-hydrogen) atoms. The van der Waals surface area contributed by atoms with Crippen molar-refractivity contribution in [2.75, 3.05) is 0 Å². The maximum atomic E-state index is 11.1. The number of hydrogen-bond acceptors (Lipinski definition) is 5. The van der Waals surface area contributed by atoms with Gasteiger partial charge in [0.15, 0.2) is 0 Å². The number of aromatic hydroxyl groups is 1. The third-order valence-corrected chi connectivity index (χ3v) is 4.48. The second-order valence-electron chi connectivity index (χ2n) is 3.90. The van der Waals surface area contributed by atoms with Gasteiger partial charge in [-0.25, -0.2) is 0 Å². The Morgan fingerprint density at radius 1 is 0.850 bits per heavy atom. The summed E-state index contributed by atoms with van der Waals surface area (Å²) in [5.41, 5.74) is 0. The third-order valence-electron chi connectivity index (χ3n) is 2.52. The summed E-state index contributed by atoms with van der Waals surface area (Å²) >= 11 is 5.79. The summed E-state index contributed by atoms with van der Waals surface area (Å²) in [6.45, 7) is 0. The number of rotatable bonds is 2. The summed E-state index contributed by atoms with van der Waals surface area (Å²) in [4.78, 5) is -1.20. The molecule has 108 valence electrons. The predicted octanol–water partition coefficient (Wildman–Crippen LogP) is 1.69. The highest BCUT2D eigenvalue weighted by Crippen LogP contribution is 2.36. The highest BCUT2D eigenvalue weighted by Gasteiger charge is 2.18. The molecule has 0 saturated carbocycles. The van der Waals surface area contributed by atoms with E-state index in [-0.39, 0.29) is 15.8 Å². The van der Waals surface area contributed by atoms with Crippen molar-refractivity contribution in [2.45, 2.75) is 9.79 Å². The molecular formula is C10H7ClO7S2. The smallest absolute Gasteiger partial charge is 0.294 e. The highest BCUT2D eigenvalue weighted by molar-refractivity contribution is 7.86. The Kier molecular flexibility index (Phi) is 3.43. The van der Waals surface area contributed by atoms with E-state index in [1.54, 1.807) is 0 Å². The van der Waals surface area contributed by atoms with E-state index < -0.39 is 35.8 Å². The van der Waals surface area contributed by atoms with Crippen LogP contribution in [0.3, 0.4) is 0 Å². The molecule has 0 heterocycles. The van der Waals surface area contributed by atoms with Crippen molar-refractivity contribution in [3.05, 3.63) is 29.3 Å². The fraction of sp³-hybridized carbons (Fsp3) is 0. The van der Waals surface area contributed by atoms with Gasteiger partial charge in [0, 0.05) is 11.5 Å². The molecule has 0 aliphatic rings. The van der Waals surface area contributed by atoms with Crippen molar-refractivity contribution in [2.24, 2.45) is 0 Å². The van der Waals surface area contributed by atoms with Crippen LogP contribution in [0.4, 0.5) is 0 Å². The first-order chi connectivity index (χ1) is 9.00. The summed E-state index contributed by atoms with van der Waals surface area (Å²) in [5.74, 6) is -0.554. The average molecular weight is 339 g/mol. The SMILES string of the molecule is O=S(=O)(O)c1cc(O)c2c(Cl)cc(S(=O)(=O)O)cc2c1. The van der Waals surface area contributed by atoms with Crippen LogP contribution in [0.15, 0.2) is 34.1 Å². The van der Waals surface area contributed by atoms with Crippen molar-refractivity contribution in [3.8, 4) is 5.75 Å². The van der Waals surface area contributed by atoms with E-state index in [1.165, 1.54) is 0 Å². The molecule has 0 radical (unpaired) electrons. The molecule has 0 spiro atoms. The monoisotopic (exact) mass is 338 g/mol. The first-order valence-corrected chi connectivity index (χ1v) is 8.17. The highest BCUT2D eigenvalue weighted by atomic mass is 35.5. The maximum absolute atomic E-state index is 11.1. The number of halogens is 1. The lowest BCUT2D eigenvalue weighted by Crippen LogP contribution is -2.00. The average Bonchev–Trinajstić information content (AvgIpc) is 2.25. The molecule has 2 aromatic rings. The van der Waals surface area contributed by atoms with Gasteiger partial charge in [0.1, 0.15) is 5.75 Å². The molecule has 0 bridgehead atoms. The molecule has 0 saturated heterocycles. The van der Waals surface area contributed by atoms with Crippen LogP contribution < -0.4 is 0 Å². The maximum Gasteiger partial charge on any atom is 0.294 e. The van der Waals surface area contributed by atoms with Gasteiger partial charge in [-0.2, -0.15) is 16.8 Å². The topological polar surface area (TPSA) is 129 Å². The minimum absolute atomic E-state index is 0.00790. The lowest BCUT2D eigenvalue weighted by molar-refractivity contribution is 0.471. The Morgan fingerprint density at radius 3 is 1.75 bits per heavy atom. The molecule has 0 fully saturated rings. The number of phenols is 1. The van der Waals surface area contributed by atoms with Crippen molar-refractivity contribution < 1.29 is 31.0 Å². The van der Waals surface area contributed by atoms with Gasteiger partial charge in [0.2, 0.25) is 0 Å². The van der Waals surface area contributed by atoms with Gasteiger partial charge in [0.25, 0.3) is 20.2 Å². The molecule has 2 aromatic carbocycles. The molecule has 0 aliphatic heterocycles. The van der Waals surface area contributed by atoms with Crippen LogP contribution in [0, 0.1) is 0 Å². The zero-order valence-electron chi connectivity index (χ0n) is 9.48. The molecule has 0 unspecified atom stereocenters. The van der Waals surface area contributed by atoms with Crippen LogP contribution in [0.25, 0.3) is 10.8 Å². The van der Waals surface area contributed by atoms with Crippen LogP contribution in [0.5, 0.6) is 5.75 Å². The molecule has 0 aromatic heterocycles. The Bertz CT molecular complexity index is 844. The lowest BCUT2D eigenvalue weighted by Gasteiger charge is -2.08. The molecule has 0 amide bonds. The summed E-state index contributed by atoms with van der Waals surface area (Å²) < 4.78 is 62.1. The van der Waals surface area contributed by atoms with Crippen LogP contribution in [-0.2, 0) is 20.2 Å². The van der Waals surface area contributed by atoms with E-state index in [9.17, 15) is 21.9 Å². The minimum Gasteiger partial charge on any atom is -0.507 e. The summed E-state index contributed by atoms with van der Waals surface area (Å²) in [6.07, 6.45) is 0. The van der Waals surface area contributed by atoms with Crippen molar-refractivity contribution >= 4 is 42.6 Å². The largest absolute Gasteiger partial charge is 0.507 e. The quantitative estimate of drug-likeness (QED) is 0.710. The van der Waals surface area contributed by atoms with Gasteiger partial charge in [-0.3, -0.25) is 9.11 Å². The first kappa shape index (κ1) is 15.0. The van der Waals surface area contributed by atoms with Crippen LogP contribution in [-0.4, -0.2) is 31.0 Å². The number of benzene rings is 2. The van der Waals surface area contributed by atoms with E-state index in [4.69, 9.17) is 20.7 Å². The zero-order chi connectivity index (χ0) is 15.3. The van der Waals surface area contributed by atoms with Crippen molar-refractivity contribution in [1.82, 2.24) is 0 Å². The third kappa shape index (κ3) is 2.72. The van der Waals surface area contributed by atoms with E-state index in [2.05, 4.69) is 0 Å². The minimum atomic E-state index is -4.59. The van der Waals surface area contributed by atoms with Gasteiger partial charge < -0.3 is 5.11 Å². The van der Waals surface area contributed by atoms with Gasteiger partial charge in [0.05, 0.1) is 14.8 Å². The van der Waals surface area contributed by atoms with E-state index in [0.717, 1.165) is 24.3 Å². The van der Waals surface area contributed by atoms with Gasteiger partial charge in [-0.1, -0.05) is 11.6 Å². The van der Waals surface area contributed by atoms with Crippen molar-refractivity contribution in [1.29, 1.82) is 0 Å². The molecule has 10 heteroatoms. The van der Waals surface area contributed by atoms with Crippen LogP contribution in [0.2, 0.25) is 5.02 Å². The van der Waals surface area contributed by atoms with E-state index >= 15 is 0 Å². The number of fused-ring (bicyclic) bond motifs is 1. The normalized spacial score (nSPS) is 12.8. The molecule has 3 N–H and O–H groups in total. The van der Waals surface area contributed by atoms with Crippen molar-refractivity contribution in [3.63, 3.8) is 0 Å². The fourth-order valence-corrected chi connectivity index (χ4v) is 3.15. The second kappa shape index (κ2) is 4.57. The Labute approximate surface area is 118 Å². The first-order valence-electron chi connectivity index (χ1n) is 4.91. The Balaban J connectivity index is 2.95. The molecule has 2 rings (SSSR count). The van der Waals surface area contributed by atoms with Gasteiger partial charge in [-0.05, 0) is 23.6 Å². The summed E-state index contributed by atoms with van der Waals surface area (Å²) in [6, 6.07) is 3.53. The summed E-state index contributed by atoms with van der Waals surface area (Å²) in [5, 5.41) is 9.44. The summed E-state index contributed by atoms with van der Waals surface area (Å²) in [7, 11) is -9.15. The van der Waals surface area contributed by atoms with Gasteiger partial charge in [-0.15, -0.1) is 0 Å². The number of hydrogen-bond donors (Lipinski definition) is 3. The zero-order valence-corrected chi connectivity index (χ0v) is 11.9. The Hall–Kier alpha value is -1.39.